The number of hydrogen-bond acceptors (Lipinski definition) is 4. The molecule has 0 spiro atoms. The van der Waals surface area contributed by atoms with Crippen LogP contribution in [0.4, 0.5) is 11.5 Å². The van der Waals surface area contributed by atoms with Gasteiger partial charge >= 0.3 is 0 Å². The minimum absolute atomic E-state index is 0.226. The van der Waals surface area contributed by atoms with Crippen LogP contribution in [0.1, 0.15) is 28.5 Å². The van der Waals surface area contributed by atoms with Gasteiger partial charge in [-0.05, 0) is 49.1 Å². The Morgan fingerprint density at radius 3 is 2.82 bits per heavy atom. The summed E-state index contributed by atoms with van der Waals surface area (Å²) in [7, 11) is 0. The number of anilines is 2. The molecule has 1 amide bonds. The maximum atomic E-state index is 12.3. The van der Waals surface area contributed by atoms with Crippen molar-refractivity contribution in [2.75, 3.05) is 11.4 Å². The topological polar surface area (TPSA) is 58.1 Å². The minimum Gasteiger partial charge on any atom is -0.350 e. The van der Waals surface area contributed by atoms with Gasteiger partial charge in [-0.15, -0.1) is 0 Å². The summed E-state index contributed by atoms with van der Waals surface area (Å²) < 4.78 is 0. The van der Waals surface area contributed by atoms with E-state index in [4.69, 9.17) is 11.6 Å². The largest absolute Gasteiger partial charge is 0.350 e. The number of aromatic nitrogens is 2. The van der Waals surface area contributed by atoms with Crippen molar-refractivity contribution in [2.24, 2.45) is 0 Å². The number of halogens is 1. The Labute approximate surface area is 169 Å². The zero-order valence-electron chi connectivity index (χ0n) is 15.6. The van der Waals surface area contributed by atoms with Crippen LogP contribution in [0.15, 0.2) is 60.9 Å². The Bertz CT molecular complexity index is 990. The van der Waals surface area contributed by atoms with E-state index in [0.717, 1.165) is 23.5 Å². The van der Waals surface area contributed by atoms with Crippen molar-refractivity contribution >= 4 is 29.0 Å². The van der Waals surface area contributed by atoms with Crippen molar-refractivity contribution in [3.63, 3.8) is 0 Å². The number of nitrogens with zero attached hydrogens (tertiary/aromatic N) is 3. The maximum absolute atomic E-state index is 12.3. The Morgan fingerprint density at radius 2 is 2.04 bits per heavy atom. The summed E-state index contributed by atoms with van der Waals surface area (Å²) in [5.74, 6) is 0.531. The SMILES string of the molecule is CC1Cc2ccccc2N1c1cnc(C(=O)NCCc2cccc(Cl)c2)cn1. The van der Waals surface area contributed by atoms with Gasteiger partial charge in [0.15, 0.2) is 5.82 Å². The number of rotatable bonds is 5. The summed E-state index contributed by atoms with van der Waals surface area (Å²) in [5.41, 5.74) is 3.86. The number of carbonyl (C=O) groups is 1. The highest BCUT2D eigenvalue weighted by atomic mass is 35.5. The standard InChI is InChI=1S/C22H21ClN4O/c1-15-11-17-6-2-3-8-20(17)27(15)21-14-25-19(13-26-21)22(28)24-10-9-16-5-4-7-18(23)12-16/h2-8,12-15H,9-11H2,1H3,(H,24,28). The van der Waals surface area contributed by atoms with E-state index < -0.39 is 0 Å². The van der Waals surface area contributed by atoms with Crippen LogP contribution in [-0.4, -0.2) is 28.5 Å². The van der Waals surface area contributed by atoms with Crippen LogP contribution in [0.2, 0.25) is 5.02 Å². The van der Waals surface area contributed by atoms with Crippen LogP contribution in [0.25, 0.3) is 0 Å². The highest BCUT2D eigenvalue weighted by Gasteiger charge is 2.27. The summed E-state index contributed by atoms with van der Waals surface area (Å²) in [5, 5.41) is 3.58. The predicted octanol–water partition coefficient (Wildman–Crippen LogP) is 4.19. The third-order valence-electron chi connectivity index (χ3n) is 4.91. The van der Waals surface area contributed by atoms with Crippen molar-refractivity contribution in [3.8, 4) is 0 Å². The first-order valence-corrected chi connectivity index (χ1v) is 9.71. The van der Waals surface area contributed by atoms with Gasteiger partial charge in [-0.25, -0.2) is 9.97 Å². The van der Waals surface area contributed by atoms with Gasteiger partial charge in [-0.3, -0.25) is 4.79 Å². The first kappa shape index (κ1) is 18.4. The Kier molecular flexibility index (Phi) is 5.26. The number of nitrogens with one attached hydrogen (secondary N) is 1. The second-order valence-electron chi connectivity index (χ2n) is 6.95. The number of hydrogen-bond donors (Lipinski definition) is 1. The van der Waals surface area contributed by atoms with E-state index in [2.05, 4.69) is 45.3 Å². The van der Waals surface area contributed by atoms with Gasteiger partial charge in [0.25, 0.3) is 5.91 Å². The molecule has 2 aromatic carbocycles. The molecule has 3 aromatic rings. The normalized spacial score (nSPS) is 15.4. The van der Waals surface area contributed by atoms with Crippen LogP contribution in [0, 0.1) is 0 Å². The molecular weight excluding hydrogens is 372 g/mol. The highest BCUT2D eigenvalue weighted by molar-refractivity contribution is 6.30. The second kappa shape index (κ2) is 7.98. The van der Waals surface area contributed by atoms with Crippen LogP contribution >= 0.6 is 11.6 Å². The molecule has 1 aliphatic heterocycles. The second-order valence-corrected chi connectivity index (χ2v) is 7.38. The van der Waals surface area contributed by atoms with E-state index in [9.17, 15) is 4.79 Å². The lowest BCUT2D eigenvalue weighted by Gasteiger charge is -2.23. The smallest absolute Gasteiger partial charge is 0.271 e. The molecule has 1 aromatic heterocycles. The molecule has 1 N–H and O–H groups in total. The quantitative estimate of drug-likeness (QED) is 0.707. The fourth-order valence-corrected chi connectivity index (χ4v) is 3.79. The predicted molar refractivity (Wildman–Crippen MR) is 111 cm³/mol. The van der Waals surface area contributed by atoms with Crippen molar-refractivity contribution in [3.05, 3.63) is 82.8 Å². The van der Waals surface area contributed by atoms with Crippen molar-refractivity contribution < 1.29 is 4.79 Å². The molecule has 6 heteroatoms. The van der Waals surface area contributed by atoms with E-state index >= 15 is 0 Å². The molecule has 4 rings (SSSR count). The monoisotopic (exact) mass is 392 g/mol. The van der Waals surface area contributed by atoms with Crippen LogP contribution < -0.4 is 10.2 Å². The third-order valence-corrected chi connectivity index (χ3v) is 5.15. The number of amides is 1. The molecule has 0 radical (unpaired) electrons. The summed E-state index contributed by atoms with van der Waals surface area (Å²) in [6, 6.07) is 16.2. The van der Waals surface area contributed by atoms with E-state index in [1.54, 1.807) is 6.20 Å². The molecule has 28 heavy (non-hydrogen) atoms. The number of para-hydroxylation sites is 1. The lowest BCUT2D eigenvalue weighted by Crippen LogP contribution is -2.28. The molecule has 0 saturated heterocycles. The average molecular weight is 393 g/mol. The highest BCUT2D eigenvalue weighted by Crippen LogP contribution is 2.36. The molecule has 0 saturated carbocycles. The molecule has 1 atom stereocenters. The summed E-state index contributed by atoms with van der Waals surface area (Å²) in [4.78, 5) is 23.3. The van der Waals surface area contributed by atoms with Crippen molar-refractivity contribution in [1.29, 1.82) is 0 Å². The molecule has 5 nitrogen and oxygen atoms in total. The van der Waals surface area contributed by atoms with Gasteiger partial charge in [-0.2, -0.15) is 0 Å². The lowest BCUT2D eigenvalue weighted by molar-refractivity contribution is 0.0949. The molecule has 1 unspecified atom stereocenters. The molecular formula is C22H21ClN4O. The Morgan fingerprint density at radius 1 is 1.18 bits per heavy atom. The summed E-state index contributed by atoms with van der Waals surface area (Å²) in [6.07, 6.45) is 4.89. The third kappa shape index (κ3) is 3.85. The summed E-state index contributed by atoms with van der Waals surface area (Å²) in [6.45, 7) is 2.68. The zero-order valence-corrected chi connectivity index (χ0v) is 16.4. The number of benzene rings is 2. The van der Waals surface area contributed by atoms with E-state index in [1.165, 1.54) is 11.8 Å². The van der Waals surface area contributed by atoms with Crippen LogP contribution in [0.3, 0.4) is 0 Å². The fraction of sp³-hybridized carbons (Fsp3) is 0.227. The zero-order chi connectivity index (χ0) is 19.5. The van der Waals surface area contributed by atoms with E-state index in [1.807, 2.05) is 30.3 Å². The number of fused-ring (bicyclic) bond motifs is 1. The minimum atomic E-state index is -0.226. The van der Waals surface area contributed by atoms with Gasteiger partial charge in [0, 0.05) is 23.3 Å². The summed E-state index contributed by atoms with van der Waals surface area (Å²) >= 11 is 5.98. The maximum Gasteiger partial charge on any atom is 0.271 e. The van der Waals surface area contributed by atoms with Crippen LogP contribution in [-0.2, 0) is 12.8 Å². The average Bonchev–Trinajstić information content (AvgIpc) is 3.04. The van der Waals surface area contributed by atoms with Gasteiger partial charge < -0.3 is 10.2 Å². The van der Waals surface area contributed by atoms with Gasteiger partial charge in [0.05, 0.1) is 12.4 Å². The van der Waals surface area contributed by atoms with Crippen molar-refractivity contribution in [2.45, 2.75) is 25.8 Å². The first-order valence-electron chi connectivity index (χ1n) is 9.33. The fourth-order valence-electron chi connectivity index (χ4n) is 3.58. The molecule has 2 heterocycles. The van der Waals surface area contributed by atoms with Gasteiger partial charge in [0.2, 0.25) is 0 Å². The first-order chi connectivity index (χ1) is 13.6. The molecule has 0 bridgehead atoms. The van der Waals surface area contributed by atoms with E-state index in [0.29, 0.717) is 29.7 Å². The molecule has 1 aliphatic rings. The van der Waals surface area contributed by atoms with Crippen molar-refractivity contribution in [1.82, 2.24) is 15.3 Å². The molecule has 0 aliphatic carbocycles. The Hall–Kier alpha value is -2.92. The van der Waals surface area contributed by atoms with E-state index in [-0.39, 0.29) is 5.91 Å². The molecule has 142 valence electrons. The number of carbonyl (C=O) groups excluding carboxylic acids is 1. The Balaban J connectivity index is 1.40. The van der Waals surface area contributed by atoms with Gasteiger partial charge in [0.1, 0.15) is 5.69 Å². The molecule has 0 fully saturated rings. The van der Waals surface area contributed by atoms with Crippen LogP contribution in [0.5, 0.6) is 0 Å². The lowest BCUT2D eigenvalue weighted by atomic mass is 10.1. The van der Waals surface area contributed by atoms with Gasteiger partial charge in [-0.1, -0.05) is 41.9 Å².